The molecule has 0 heterocycles. The lowest BCUT2D eigenvalue weighted by Crippen LogP contribution is -2.61. The summed E-state index contributed by atoms with van der Waals surface area (Å²) in [6, 6.07) is 14.4. The molecule has 0 saturated heterocycles. The first-order chi connectivity index (χ1) is 14.0. The lowest BCUT2D eigenvalue weighted by atomic mass is 9.97. The molecular weight excluding hydrogens is 375 g/mol. The predicted octanol–water partition coefficient (Wildman–Crippen LogP) is 2.40. The standard InChI is InChI=1S/C21H23FN4O3/c22-17-11-5-4-10-16(17)18(27)25-26-19(28)21(12-6-7-13-21)24-20(29)23-14-15-8-2-1-3-9-15/h1-5,8-11H,6-7,12-14H2,(H,25,27)(H,26,28)(H2,23,24,29). The SMILES string of the molecule is O=C(NCc1ccccc1)NC1(C(=O)NNC(=O)c2ccccc2F)CCCC1. The monoisotopic (exact) mass is 398 g/mol. The van der Waals surface area contributed by atoms with Crippen molar-refractivity contribution in [3.8, 4) is 0 Å². The summed E-state index contributed by atoms with van der Waals surface area (Å²) >= 11 is 0. The maximum absolute atomic E-state index is 13.7. The highest BCUT2D eigenvalue weighted by Gasteiger charge is 2.42. The first-order valence-corrected chi connectivity index (χ1v) is 9.45. The molecule has 1 fully saturated rings. The Labute approximate surface area is 168 Å². The number of nitrogens with one attached hydrogen (secondary N) is 4. The van der Waals surface area contributed by atoms with Crippen molar-refractivity contribution >= 4 is 17.8 Å². The van der Waals surface area contributed by atoms with Gasteiger partial charge in [-0.2, -0.15) is 0 Å². The average molecular weight is 398 g/mol. The molecule has 0 aromatic heterocycles. The third-order valence-corrected chi connectivity index (χ3v) is 4.95. The molecule has 1 saturated carbocycles. The van der Waals surface area contributed by atoms with E-state index in [1.807, 2.05) is 30.3 Å². The average Bonchev–Trinajstić information content (AvgIpc) is 3.21. The fourth-order valence-corrected chi connectivity index (χ4v) is 3.37. The van der Waals surface area contributed by atoms with E-state index in [-0.39, 0.29) is 5.56 Å². The van der Waals surface area contributed by atoms with Crippen LogP contribution in [-0.2, 0) is 11.3 Å². The van der Waals surface area contributed by atoms with Gasteiger partial charge in [0.15, 0.2) is 0 Å². The van der Waals surface area contributed by atoms with E-state index in [0.29, 0.717) is 19.4 Å². The summed E-state index contributed by atoms with van der Waals surface area (Å²) in [7, 11) is 0. The highest BCUT2D eigenvalue weighted by atomic mass is 19.1. The van der Waals surface area contributed by atoms with Crippen LogP contribution in [-0.4, -0.2) is 23.4 Å². The molecule has 4 amide bonds. The molecule has 0 spiro atoms. The third-order valence-electron chi connectivity index (χ3n) is 4.95. The number of hydrazine groups is 1. The van der Waals surface area contributed by atoms with Gasteiger partial charge in [-0.3, -0.25) is 20.4 Å². The minimum absolute atomic E-state index is 0.179. The molecular formula is C21H23FN4O3. The van der Waals surface area contributed by atoms with Gasteiger partial charge in [0, 0.05) is 6.54 Å². The Morgan fingerprint density at radius 1 is 0.897 bits per heavy atom. The Bertz CT molecular complexity index is 883. The second-order valence-electron chi connectivity index (χ2n) is 6.97. The Balaban J connectivity index is 1.57. The number of hydrogen-bond acceptors (Lipinski definition) is 3. The lowest BCUT2D eigenvalue weighted by molar-refractivity contribution is -0.127. The number of halogens is 1. The number of benzene rings is 2. The minimum atomic E-state index is -1.12. The fourth-order valence-electron chi connectivity index (χ4n) is 3.37. The van der Waals surface area contributed by atoms with Crippen LogP contribution >= 0.6 is 0 Å². The summed E-state index contributed by atoms with van der Waals surface area (Å²) < 4.78 is 13.7. The highest BCUT2D eigenvalue weighted by Crippen LogP contribution is 2.29. The first kappa shape index (κ1) is 20.3. The van der Waals surface area contributed by atoms with Gasteiger partial charge < -0.3 is 10.6 Å². The molecule has 0 bridgehead atoms. The molecule has 0 radical (unpaired) electrons. The lowest BCUT2D eigenvalue weighted by Gasteiger charge is -2.29. The van der Waals surface area contributed by atoms with Gasteiger partial charge in [-0.05, 0) is 30.5 Å². The van der Waals surface area contributed by atoms with Crippen LogP contribution in [0.2, 0.25) is 0 Å². The van der Waals surface area contributed by atoms with Gasteiger partial charge in [-0.25, -0.2) is 9.18 Å². The Hall–Kier alpha value is -3.42. The summed E-state index contributed by atoms with van der Waals surface area (Å²) in [5.74, 6) is -1.99. The van der Waals surface area contributed by atoms with Gasteiger partial charge in [-0.15, -0.1) is 0 Å². The quantitative estimate of drug-likeness (QED) is 0.582. The maximum atomic E-state index is 13.7. The second kappa shape index (κ2) is 9.18. The van der Waals surface area contributed by atoms with Crippen LogP contribution in [0.1, 0.15) is 41.6 Å². The van der Waals surface area contributed by atoms with E-state index in [1.165, 1.54) is 18.2 Å². The van der Waals surface area contributed by atoms with Crippen LogP contribution in [0.25, 0.3) is 0 Å². The number of carbonyl (C=O) groups excluding carboxylic acids is 3. The molecule has 1 aliphatic carbocycles. The smallest absolute Gasteiger partial charge is 0.315 e. The molecule has 0 atom stereocenters. The van der Waals surface area contributed by atoms with Crippen molar-refractivity contribution in [2.45, 2.75) is 37.8 Å². The van der Waals surface area contributed by atoms with E-state index in [0.717, 1.165) is 24.5 Å². The van der Waals surface area contributed by atoms with Crippen LogP contribution in [0.4, 0.5) is 9.18 Å². The highest BCUT2D eigenvalue weighted by molar-refractivity contribution is 5.97. The molecule has 2 aromatic carbocycles. The zero-order valence-corrected chi connectivity index (χ0v) is 15.8. The molecule has 1 aliphatic rings. The first-order valence-electron chi connectivity index (χ1n) is 9.45. The number of rotatable bonds is 5. The van der Waals surface area contributed by atoms with Gasteiger partial charge in [0.25, 0.3) is 11.8 Å². The molecule has 152 valence electrons. The normalized spacial score (nSPS) is 14.7. The van der Waals surface area contributed by atoms with Crippen LogP contribution in [0.5, 0.6) is 0 Å². The van der Waals surface area contributed by atoms with E-state index in [1.54, 1.807) is 0 Å². The van der Waals surface area contributed by atoms with Crippen LogP contribution < -0.4 is 21.5 Å². The molecule has 0 unspecified atom stereocenters. The van der Waals surface area contributed by atoms with Gasteiger partial charge >= 0.3 is 6.03 Å². The zero-order chi connectivity index (χ0) is 20.7. The topological polar surface area (TPSA) is 99.3 Å². The molecule has 4 N–H and O–H groups in total. The summed E-state index contributed by atoms with van der Waals surface area (Å²) in [6.07, 6.45) is 2.45. The number of amides is 4. The number of carbonyl (C=O) groups is 3. The second-order valence-corrected chi connectivity index (χ2v) is 6.97. The van der Waals surface area contributed by atoms with E-state index in [9.17, 15) is 18.8 Å². The van der Waals surface area contributed by atoms with E-state index < -0.39 is 29.2 Å². The Kier molecular flexibility index (Phi) is 6.43. The van der Waals surface area contributed by atoms with Crippen molar-refractivity contribution in [3.63, 3.8) is 0 Å². The van der Waals surface area contributed by atoms with Crippen LogP contribution in [0, 0.1) is 5.82 Å². The zero-order valence-electron chi connectivity index (χ0n) is 15.8. The van der Waals surface area contributed by atoms with Crippen LogP contribution in [0.15, 0.2) is 54.6 Å². The summed E-state index contributed by atoms with van der Waals surface area (Å²) in [4.78, 5) is 37.2. The summed E-state index contributed by atoms with van der Waals surface area (Å²) in [5, 5.41) is 5.49. The van der Waals surface area contributed by atoms with Crippen molar-refractivity contribution < 1.29 is 18.8 Å². The molecule has 3 rings (SSSR count). The minimum Gasteiger partial charge on any atom is -0.334 e. The van der Waals surface area contributed by atoms with Crippen molar-refractivity contribution in [3.05, 3.63) is 71.5 Å². The van der Waals surface area contributed by atoms with Crippen molar-refractivity contribution in [2.75, 3.05) is 0 Å². The molecule has 2 aromatic rings. The van der Waals surface area contributed by atoms with Gasteiger partial charge in [0.05, 0.1) is 5.56 Å². The van der Waals surface area contributed by atoms with Crippen molar-refractivity contribution in [1.82, 2.24) is 21.5 Å². The third kappa shape index (κ3) is 5.10. The van der Waals surface area contributed by atoms with Crippen molar-refractivity contribution in [2.24, 2.45) is 0 Å². The molecule has 29 heavy (non-hydrogen) atoms. The largest absolute Gasteiger partial charge is 0.334 e. The Morgan fingerprint density at radius 2 is 1.55 bits per heavy atom. The maximum Gasteiger partial charge on any atom is 0.315 e. The van der Waals surface area contributed by atoms with Crippen LogP contribution in [0.3, 0.4) is 0 Å². The van der Waals surface area contributed by atoms with E-state index in [2.05, 4.69) is 21.5 Å². The van der Waals surface area contributed by atoms with Gasteiger partial charge in [0.1, 0.15) is 11.4 Å². The predicted molar refractivity (Wildman–Crippen MR) is 105 cm³/mol. The molecule has 8 heteroatoms. The van der Waals surface area contributed by atoms with E-state index in [4.69, 9.17) is 0 Å². The Morgan fingerprint density at radius 3 is 2.24 bits per heavy atom. The van der Waals surface area contributed by atoms with Crippen molar-refractivity contribution in [1.29, 1.82) is 0 Å². The number of hydrogen-bond donors (Lipinski definition) is 4. The molecule has 7 nitrogen and oxygen atoms in total. The summed E-state index contributed by atoms with van der Waals surface area (Å²) in [5.41, 5.74) is 4.18. The van der Waals surface area contributed by atoms with Gasteiger partial charge in [-0.1, -0.05) is 55.3 Å². The number of urea groups is 1. The fraction of sp³-hybridized carbons (Fsp3) is 0.286. The summed E-state index contributed by atoms with van der Waals surface area (Å²) in [6.45, 7) is 0.328. The van der Waals surface area contributed by atoms with E-state index >= 15 is 0 Å². The van der Waals surface area contributed by atoms with Gasteiger partial charge in [0.2, 0.25) is 0 Å². The molecule has 0 aliphatic heterocycles.